The second-order valence-electron chi connectivity index (χ2n) is 3.25. The van der Waals surface area contributed by atoms with E-state index in [4.69, 9.17) is 5.11 Å². The highest BCUT2D eigenvalue weighted by atomic mass is 32.2. The number of rotatable bonds is 4. The summed E-state index contributed by atoms with van der Waals surface area (Å²) in [6.07, 6.45) is 3.79. The quantitative estimate of drug-likeness (QED) is 0.509. The molecule has 0 aliphatic rings. The molecule has 2 rings (SSSR count). The summed E-state index contributed by atoms with van der Waals surface area (Å²) in [6.45, 7) is 0. The molecule has 8 nitrogen and oxygen atoms in total. The Morgan fingerprint density at radius 1 is 1.37 bits per heavy atom. The molecule has 0 amide bonds. The molecule has 2 aromatic heterocycles. The third-order valence-electron chi connectivity index (χ3n) is 2.05. The fourth-order valence-corrected chi connectivity index (χ4v) is 1.97. The molecule has 0 aliphatic heterocycles. The van der Waals surface area contributed by atoms with Gasteiger partial charge in [0.2, 0.25) is 0 Å². The van der Waals surface area contributed by atoms with E-state index in [0.29, 0.717) is 10.1 Å². The minimum absolute atomic E-state index is 0.307. The van der Waals surface area contributed by atoms with Crippen molar-refractivity contribution in [3.8, 4) is 0 Å². The molecule has 0 aromatic carbocycles. The van der Waals surface area contributed by atoms with E-state index in [1.807, 2.05) is 0 Å². The van der Waals surface area contributed by atoms with E-state index in [1.165, 1.54) is 12.5 Å². The smallest absolute Gasteiger partial charge is 0.342 e. The highest BCUT2D eigenvalue weighted by Gasteiger charge is 2.21. The summed E-state index contributed by atoms with van der Waals surface area (Å²) >= 11 is 1.09. The molecule has 9 heteroatoms. The third-order valence-corrected chi connectivity index (χ3v) is 2.93. The molecule has 0 fully saturated rings. The van der Waals surface area contributed by atoms with Gasteiger partial charge in [0.1, 0.15) is 28.1 Å². The van der Waals surface area contributed by atoms with Crippen LogP contribution in [0.3, 0.4) is 0 Å². The SMILES string of the molecule is O=C(O)c1cc(Sc2ccncn2)ncc1[N+](=O)[O-]. The van der Waals surface area contributed by atoms with Gasteiger partial charge in [-0.15, -0.1) is 0 Å². The standard InChI is InChI=1S/C10H6N4O4S/c15-10(16)6-3-9(12-4-7(6)14(17)18)19-8-1-2-11-5-13-8/h1-5H,(H,15,16). The van der Waals surface area contributed by atoms with Gasteiger partial charge in [0.05, 0.1) is 4.92 Å². The summed E-state index contributed by atoms with van der Waals surface area (Å²) < 4.78 is 0. The van der Waals surface area contributed by atoms with Gasteiger partial charge >= 0.3 is 11.7 Å². The van der Waals surface area contributed by atoms with Crippen molar-refractivity contribution in [1.29, 1.82) is 0 Å². The van der Waals surface area contributed by atoms with E-state index >= 15 is 0 Å². The highest BCUT2D eigenvalue weighted by Crippen LogP contribution is 2.27. The molecule has 0 aliphatic carbocycles. The predicted octanol–water partition coefficient (Wildman–Crippen LogP) is 1.63. The van der Waals surface area contributed by atoms with Gasteiger partial charge in [0.25, 0.3) is 0 Å². The van der Waals surface area contributed by atoms with Crippen molar-refractivity contribution in [2.75, 3.05) is 0 Å². The highest BCUT2D eigenvalue weighted by molar-refractivity contribution is 7.99. The zero-order valence-corrected chi connectivity index (χ0v) is 10.1. The molecule has 2 aromatic rings. The third kappa shape index (κ3) is 3.01. The summed E-state index contributed by atoms with van der Waals surface area (Å²) in [4.78, 5) is 32.4. The fourth-order valence-electron chi connectivity index (χ4n) is 1.25. The van der Waals surface area contributed by atoms with Crippen LogP contribution in [0.15, 0.2) is 40.9 Å². The molecular weight excluding hydrogens is 272 g/mol. The Hall–Kier alpha value is -2.55. The van der Waals surface area contributed by atoms with Crippen LogP contribution < -0.4 is 0 Å². The maximum atomic E-state index is 11.0. The average molecular weight is 278 g/mol. The number of hydrogen-bond acceptors (Lipinski definition) is 7. The van der Waals surface area contributed by atoms with E-state index in [9.17, 15) is 14.9 Å². The van der Waals surface area contributed by atoms with Gasteiger partial charge in [-0.05, 0) is 23.9 Å². The van der Waals surface area contributed by atoms with Crippen molar-refractivity contribution < 1.29 is 14.8 Å². The van der Waals surface area contributed by atoms with Crippen molar-refractivity contribution in [1.82, 2.24) is 15.0 Å². The number of nitrogens with zero attached hydrogens (tertiary/aromatic N) is 4. The Labute approximate surface area is 110 Å². The largest absolute Gasteiger partial charge is 0.477 e. The maximum absolute atomic E-state index is 11.0. The first-order chi connectivity index (χ1) is 9.08. The van der Waals surface area contributed by atoms with Crippen LogP contribution in [0.1, 0.15) is 10.4 Å². The lowest BCUT2D eigenvalue weighted by molar-refractivity contribution is -0.385. The Morgan fingerprint density at radius 3 is 2.74 bits per heavy atom. The lowest BCUT2D eigenvalue weighted by Crippen LogP contribution is -2.03. The van der Waals surface area contributed by atoms with E-state index < -0.39 is 22.1 Å². The number of pyridine rings is 1. The molecule has 19 heavy (non-hydrogen) atoms. The summed E-state index contributed by atoms with van der Waals surface area (Å²) in [5.41, 5.74) is -0.948. The van der Waals surface area contributed by atoms with Crippen molar-refractivity contribution in [3.05, 3.63) is 46.5 Å². The number of aromatic carboxylic acids is 1. The van der Waals surface area contributed by atoms with Crippen LogP contribution in [0.25, 0.3) is 0 Å². The topological polar surface area (TPSA) is 119 Å². The number of carboxylic acids is 1. The summed E-state index contributed by atoms with van der Waals surface area (Å²) in [7, 11) is 0. The Kier molecular flexibility index (Phi) is 3.66. The van der Waals surface area contributed by atoms with E-state index in [1.54, 1.807) is 6.07 Å². The zero-order chi connectivity index (χ0) is 13.8. The maximum Gasteiger partial charge on any atom is 0.342 e. The molecule has 0 atom stereocenters. The van der Waals surface area contributed by atoms with Crippen molar-refractivity contribution in [3.63, 3.8) is 0 Å². The van der Waals surface area contributed by atoms with Crippen LogP contribution >= 0.6 is 11.8 Å². The first kappa shape index (κ1) is 12.9. The van der Waals surface area contributed by atoms with Crippen molar-refractivity contribution in [2.24, 2.45) is 0 Å². The van der Waals surface area contributed by atoms with Crippen LogP contribution in [-0.2, 0) is 0 Å². The van der Waals surface area contributed by atoms with E-state index in [0.717, 1.165) is 24.0 Å². The number of nitro groups is 1. The minimum Gasteiger partial charge on any atom is -0.477 e. The predicted molar refractivity (Wildman–Crippen MR) is 64.0 cm³/mol. The number of hydrogen-bond donors (Lipinski definition) is 1. The Morgan fingerprint density at radius 2 is 2.16 bits per heavy atom. The number of aromatic nitrogens is 3. The minimum atomic E-state index is -1.38. The van der Waals surface area contributed by atoms with Gasteiger partial charge in [0, 0.05) is 6.20 Å². The fraction of sp³-hybridized carbons (Fsp3) is 0. The van der Waals surface area contributed by atoms with Crippen molar-refractivity contribution >= 4 is 23.4 Å². The van der Waals surface area contributed by atoms with E-state index in [-0.39, 0.29) is 0 Å². The molecule has 0 saturated heterocycles. The molecule has 0 bridgehead atoms. The Bertz CT molecular complexity index is 635. The lowest BCUT2D eigenvalue weighted by atomic mass is 10.2. The van der Waals surface area contributed by atoms with Crippen LogP contribution in [-0.4, -0.2) is 31.0 Å². The number of carbonyl (C=O) groups is 1. The number of carboxylic acid groups (broad SMARTS) is 1. The van der Waals surface area contributed by atoms with Crippen LogP contribution in [0.5, 0.6) is 0 Å². The van der Waals surface area contributed by atoms with Gasteiger partial charge in [-0.25, -0.2) is 19.7 Å². The molecule has 0 radical (unpaired) electrons. The molecule has 2 heterocycles. The molecular formula is C10H6N4O4S. The van der Waals surface area contributed by atoms with Gasteiger partial charge in [-0.2, -0.15) is 0 Å². The van der Waals surface area contributed by atoms with E-state index in [2.05, 4.69) is 15.0 Å². The van der Waals surface area contributed by atoms with Crippen LogP contribution in [0.4, 0.5) is 5.69 Å². The molecule has 0 unspecified atom stereocenters. The monoisotopic (exact) mass is 278 g/mol. The Balaban J connectivity index is 2.36. The van der Waals surface area contributed by atoms with Gasteiger partial charge in [0.15, 0.2) is 0 Å². The zero-order valence-electron chi connectivity index (χ0n) is 9.26. The molecule has 0 spiro atoms. The molecule has 0 saturated carbocycles. The summed E-state index contributed by atoms with van der Waals surface area (Å²) in [5.74, 6) is -1.38. The average Bonchev–Trinajstić information content (AvgIpc) is 2.39. The van der Waals surface area contributed by atoms with Gasteiger partial charge in [-0.3, -0.25) is 10.1 Å². The molecule has 1 N–H and O–H groups in total. The van der Waals surface area contributed by atoms with Gasteiger partial charge in [-0.1, -0.05) is 0 Å². The van der Waals surface area contributed by atoms with Gasteiger partial charge < -0.3 is 5.11 Å². The first-order valence-corrected chi connectivity index (χ1v) is 5.71. The normalized spacial score (nSPS) is 10.1. The first-order valence-electron chi connectivity index (χ1n) is 4.89. The summed E-state index contributed by atoms with van der Waals surface area (Å²) in [6, 6.07) is 2.77. The lowest BCUT2D eigenvalue weighted by Gasteiger charge is -2.01. The van der Waals surface area contributed by atoms with Crippen LogP contribution in [0.2, 0.25) is 0 Å². The summed E-state index contributed by atoms with van der Waals surface area (Å²) in [5, 5.41) is 20.5. The second kappa shape index (κ2) is 5.40. The van der Waals surface area contributed by atoms with Crippen LogP contribution in [0, 0.1) is 10.1 Å². The molecule has 96 valence electrons. The van der Waals surface area contributed by atoms with Crippen molar-refractivity contribution in [2.45, 2.75) is 10.1 Å². The second-order valence-corrected chi connectivity index (χ2v) is 4.29.